The minimum atomic E-state index is -0.395. The van der Waals surface area contributed by atoms with Crippen LogP contribution in [0.15, 0.2) is 36.5 Å². The lowest BCUT2D eigenvalue weighted by Gasteiger charge is -2.16. The molecule has 2 N–H and O–H groups in total. The van der Waals surface area contributed by atoms with E-state index in [-0.39, 0.29) is 17.7 Å². The summed E-state index contributed by atoms with van der Waals surface area (Å²) in [4.78, 5) is 30.4. The zero-order valence-corrected chi connectivity index (χ0v) is 12.9. The van der Waals surface area contributed by atoms with E-state index in [1.165, 1.54) is 0 Å². The first kappa shape index (κ1) is 15.4. The minimum Gasteiger partial charge on any atom is -0.384 e. The number of benzene rings is 1. The van der Waals surface area contributed by atoms with Gasteiger partial charge in [-0.1, -0.05) is 24.3 Å². The summed E-state index contributed by atoms with van der Waals surface area (Å²) in [5.41, 5.74) is 5.87. The Balaban J connectivity index is 1.89. The molecule has 2 atom stereocenters. The van der Waals surface area contributed by atoms with E-state index in [0.717, 1.165) is 10.8 Å². The molecule has 0 saturated carbocycles. The molecule has 1 fully saturated rings. The van der Waals surface area contributed by atoms with Gasteiger partial charge in [-0.15, -0.1) is 0 Å². The van der Waals surface area contributed by atoms with Crippen molar-refractivity contribution in [3.05, 3.63) is 42.2 Å². The molecule has 2 aromatic rings. The molecule has 6 nitrogen and oxygen atoms in total. The highest BCUT2D eigenvalue weighted by atomic mass is 16.5. The number of methoxy groups -OCH3 is 1. The van der Waals surface area contributed by atoms with Crippen LogP contribution in [0.4, 0.5) is 0 Å². The molecule has 6 heteroatoms. The number of hydrogen-bond acceptors (Lipinski definition) is 4. The molecule has 0 radical (unpaired) electrons. The summed E-state index contributed by atoms with van der Waals surface area (Å²) in [6.07, 6.45) is 1.63. The first-order valence-corrected chi connectivity index (χ1v) is 7.53. The SMILES string of the molecule is COC[C@@H]1CN(C(=O)c2nccc3ccccc23)C[C@H]1C(N)=O. The van der Waals surface area contributed by atoms with Crippen molar-refractivity contribution in [1.29, 1.82) is 0 Å². The molecule has 120 valence electrons. The maximum absolute atomic E-state index is 12.8. The maximum atomic E-state index is 12.8. The first-order chi connectivity index (χ1) is 11.1. The van der Waals surface area contributed by atoms with Crippen LogP contribution in [0.3, 0.4) is 0 Å². The molecular formula is C17H19N3O3. The van der Waals surface area contributed by atoms with Crippen LogP contribution in [0.5, 0.6) is 0 Å². The Morgan fingerprint density at radius 1 is 1.30 bits per heavy atom. The van der Waals surface area contributed by atoms with Crippen LogP contribution in [0.1, 0.15) is 10.5 Å². The van der Waals surface area contributed by atoms with Crippen LogP contribution in [-0.4, -0.2) is 48.5 Å². The number of pyridine rings is 1. The number of fused-ring (bicyclic) bond motifs is 1. The molecule has 2 amide bonds. The van der Waals surface area contributed by atoms with Gasteiger partial charge in [0.15, 0.2) is 0 Å². The highest BCUT2D eigenvalue weighted by Crippen LogP contribution is 2.26. The number of nitrogens with zero attached hydrogens (tertiary/aromatic N) is 2. The summed E-state index contributed by atoms with van der Waals surface area (Å²) in [7, 11) is 1.58. The number of carbonyl (C=O) groups excluding carboxylic acids is 2. The molecule has 0 spiro atoms. The van der Waals surface area contributed by atoms with Gasteiger partial charge in [0, 0.05) is 37.7 Å². The van der Waals surface area contributed by atoms with E-state index in [0.29, 0.717) is 25.4 Å². The predicted octanol–water partition coefficient (Wildman–Crippen LogP) is 1.05. The van der Waals surface area contributed by atoms with E-state index >= 15 is 0 Å². The molecule has 0 aliphatic carbocycles. The monoisotopic (exact) mass is 313 g/mol. The largest absolute Gasteiger partial charge is 0.384 e. The van der Waals surface area contributed by atoms with Crippen molar-refractivity contribution >= 4 is 22.6 Å². The molecule has 1 aromatic carbocycles. The summed E-state index contributed by atoms with van der Waals surface area (Å²) < 4.78 is 5.15. The number of rotatable bonds is 4. The quantitative estimate of drug-likeness (QED) is 0.914. The van der Waals surface area contributed by atoms with Crippen molar-refractivity contribution in [3.63, 3.8) is 0 Å². The molecule has 1 aliphatic heterocycles. The molecule has 0 bridgehead atoms. The fourth-order valence-corrected chi connectivity index (χ4v) is 3.18. The molecule has 1 aromatic heterocycles. The Hall–Kier alpha value is -2.47. The van der Waals surface area contributed by atoms with Crippen molar-refractivity contribution in [2.45, 2.75) is 0 Å². The van der Waals surface area contributed by atoms with Gasteiger partial charge in [0.2, 0.25) is 5.91 Å². The summed E-state index contributed by atoms with van der Waals surface area (Å²) in [6.45, 7) is 1.17. The average Bonchev–Trinajstić information content (AvgIpc) is 2.98. The fraction of sp³-hybridized carbons (Fsp3) is 0.353. The van der Waals surface area contributed by atoms with E-state index in [1.807, 2.05) is 30.3 Å². The molecule has 23 heavy (non-hydrogen) atoms. The van der Waals surface area contributed by atoms with Crippen molar-refractivity contribution in [1.82, 2.24) is 9.88 Å². The lowest BCUT2D eigenvalue weighted by atomic mass is 9.96. The van der Waals surface area contributed by atoms with E-state index < -0.39 is 5.91 Å². The molecular weight excluding hydrogens is 294 g/mol. The summed E-state index contributed by atoms with van der Waals surface area (Å²) in [5, 5.41) is 1.77. The number of aromatic nitrogens is 1. The second kappa shape index (κ2) is 6.34. The smallest absolute Gasteiger partial charge is 0.273 e. The van der Waals surface area contributed by atoms with Crippen LogP contribution in [-0.2, 0) is 9.53 Å². The van der Waals surface area contributed by atoms with Gasteiger partial charge in [0.25, 0.3) is 5.91 Å². The molecule has 3 rings (SSSR count). The van der Waals surface area contributed by atoms with Crippen LogP contribution in [0.2, 0.25) is 0 Å². The third kappa shape index (κ3) is 2.90. The fourth-order valence-electron chi connectivity index (χ4n) is 3.18. The third-order valence-corrected chi connectivity index (χ3v) is 4.35. The average molecular weight is 313 g/mol. The number of carbonyl (C=O) groups is 2. The Labute approximate surface area is 134 Å². The number of primary amides is 1. The zero-order chi connectivity index (χ0) is 16.4. The van der Waals surface area contributed by atoms with E-state index in [9.17, 15) is 9.59 Å². The van der Waals surface area contributed by atoms with Crippen LogP contribution in [0.25, 0.3) is 10.8 Å². The first-order valence-electron chi connectivity index (χ1n) is 7.53. The molecule has 1 saturated heterocycles. The van der Waals surface area contributed by atoms with Crippen molar-refractivity contribution in [2.75, 3.05) is 26.8 Å². The van der Waals surface area contributed by atoms with Gasteiger partial charge in [-0.3, -0.25) is 14.6 Å². The van der Waals surface area contributed by atoms with Crippen LogP contribution in [0, 0.1) is 11.8 Å². The maximum Gasteiger partial charge on any atom is 0.273 e. The van der Waals surface area contributed by atoms with E-state index in [2.05, 4.69) is 4.98 Å². The van der Waals surface area contributed by atoms with E-state index in [1.54, 1.807) is 18.2 Å². The molecule has 0 unspecified atom stereocenters. The molecule has 2 heterocycles. The highest BCUT2D eigenvalue weighted by Gasteiger charge is 2.39. The Kier molecular flexibility index (Phi) is 4.25. The Morgan fingerprint density at radius 2 is 2.09 bits per heavy atom. The van der Waals surface area contributed by atoms with Gasteiger partial charge in [0.1, 0.15) is 5.69 Å². The topological polar surface area (TPSA) is 85.5 Å². The normalized spacial score (nSPS) is 20.8. The number of amides is 2. The predicted molar refractivity (Wildman–Crippen MR) is 85.7 cm³/mol. The van der Waals surface area contributed by atoms with Gasteiger partial charge in [-0.2, -0.15) is 0 Å². The Morgan fingerprint density at radius 3 is 2.83 bits per heavy atom. The van der Waals surface area contributed by atoms with Crippen molar-refractivity contribution in [2.24, 2.45) is 17.6 Å². The lowest BCUT2D eigenvalue weighted by Crippen LogP contribution is -2.32. The van der Waals surface area contributed by atoms with E-state index in [4.69, 9.17) is 10.5 Å². The highest BCUT2D eigenvalue weighted by molar-refractivity contribution is 6.05. The number of nitrogens with two attached hydrogens (primary N) is 1. The number of hydrogen-bond donors (Lipinski definition) is 1. The summed E-state index contributed by atoms with van der Waals surface area (Å²) in [5.74, 6) is -1.02. The van der Waals surface area contributed by atoms with Crippen molar-refractivity contribution < 1.29 is 14.3 Å². The minimum absolute atomic E-state index is 0.0728. The Bertz CT molecular complexity index is 741. The zero-order valence-electron chi connectivity index (χ0n) is 12.9. The third-order valence-electron chi connectivity index (χ3n) is 4.35. The number of likely N-dealkylation sites (tertiary alicyclic amines) is 1. The van der Waals surface area contributed by atoms with Gasteiger partial charge in [-0.05, 0) is 11.5 Å². The molecule has 1 aliphatic rings. The number of ether oxygens (including phenoxy) is 1. The second-order valence-corrected chi connectivity index (χ2v) is 5.82. The second-order valence-electron chi connectivity index (χ2n) is 5.82. The van der Waals surface area contributed by atoms with Gasteiger partial charge in [-0.25, -0.2) is 0 Å². The standard InChI is InChI=1S/C17H19N3O3/c1-23-10-12-8-20(9-14(12)16(18)21)17(22)15-13-5-3-2-4-11(13)6-7-19-15/h2-7,12,14H,8-10H2,1H3,(H2,18,21)/t12-,14+/m0/s1. The summed E-state index contributed by atoms with van der Waals surface area (Å²) >= 11 is 0. The summed E-state index contributed by atoms with van der Waals surface area (Å²) in [6, 6.07) is 9.49. The van der Waals surface area contributed by atoms with Crippen molar-refractivity contribution in [3.8, 4) is 0 Å². The van der Waals surface area contributed by atoms with Gasteiger partial charge >= 0.3 is 0 Å². The van der Waals surface area contributed by atoms with Crippen LogP contribution < -0.4 is 5.73 Å². The lowest BCUT2D eigenvalue weighted by molar-refractivity contribution is -0.122. The van der Waals surface area contributed by atoms with Crippen LogP contribution >= 0.6 is 0 Å². The van der Waals surface area contributed by atoms with Gasteiger partial charge in [0.05, 0.1) is 12.5 Å². The van der Waals surface area contributed by atoms with Gasteiger partial charge < -0.3 is 15.4 Å².